The lowest BCUT2D eigenvalue weighted by Crippen LogP contribution is -2.62. The number of rotatable bonds is 5. The number of nitrogens with zero attached hydrogens (tertiary/aromatic N) is 4. The van der Waals surface area contributed by atoms with E-state index < -0.39 is 17.4 Å². The Labute approximate surface area is 179 Å². The predicted octanol–water partition coefficient (Wildman–Crippen LogP) is 3.05. The van der Waals surface area contributed by atoms with Gasteiger partial charge in [-0.25, -0.2) is 0 Å². The van der Waals surface area contributed by atoms with Crippen LogP contribution in [-0.4, -0.2) is 70.5 Å². The number of halogens is 3. The first-order valence-electron chi connectivity index (χ1n) is 10.4. The highest BCUT2D eigenvalue weighted by molar-refractivity contribution is 6.01. The molecule has 31 heavy (non-hydrogen) atoms. The van der Waals surface area contributed by atoms with E-state index in [0.717, 1.165) is 24.7 Å². The molecule has 2 aromatic heterocycles. The van der Waals surface area contributed by atoms with Crippen LogP contribution < -0.4 is 0 Å². The number of aromatic nitrogens is 2. The van der Waals surface area contributed by atoms with Crippen molar-refractivity contribution in [3.63, 3.8) is 0 Å². The molecule has 0 atom stereocenters. The third kappa shape index (κ3) is 4.78. The average Bonchev–Trinajstić information content (AvgIpc) is 2.80. The molecule has 0 bridgehead atoms. The van der Waals surface area contributed by atoms with Gasteiger partial charge in [0.05, 0.1) is 5.54 Å². The summed E-state index contributed by atoms with van der Waals surface area (Å²) in [6, 6.07) is 7.87. The van der Waals surface area contributed by atoms with Crippen LogP contribution in [0.4, 0.5) is 13.2 Å². The van der Waals surface area contributed by atoms with Crippen molar-refractivity contribution in [1.29, 1.82) is 0 Å². The zero-order valence-electron chi connectivity index (χ0n) is 17.1. The Morgan fingerprint density at radius 3 is 2.35 bits per heavy atom. The molecule has 0 amide bonds. The Balaban J connectivity index is 1.42. The number of hydrogen-bond acceptors (Lipinski definition) is 6. The number of hydrogen-bond donors (Lipinski definition) is 0. The normalized spacial score (nSPS) is 20.5. The fourth-order valence-electron chi connectivity index (χ4n) is 4.41. The average molecular weight is 434 g/mol. The highest BCUT2D eigenvalue weighted by Gasteiger charge is 2.46. The number of ketones is 1. The van der Waals surface area contributed by atoms with Crippen molar-refractivity contribution < 1.29 is 22.7 Å². The van der Waals surface area contributed by atoms with Crippen LogP contribution in [0.5, 0.6) is 0 Å². The highest BCUT2D eigenvalue weighted by Crippen LogP contribution is 2.33. The van der Waals surface area contributed by atoms with Gasteiger partial charge in [-0.15, -0.1) is 0 Å². The quantitative estimate of drug-likeness (QED) is 0.675. The van der Waals surface area contributed by atoms with Gasteiger partial charge in [0.1, 0.15) is 11.4 Å². The summed E-state index contributed by atoms with van der Waals surface area (Å²) in [6.45, 7) is 4.45. The molecule has 2 aliphatic heterocycles. The fourth-order valence-corrected chi connectivity index (χ4v) is 4.41. The molecule has 2 fully saturated rings. The zero-order chi connectivity index (χ0) is 21.9. The van der Waals surface area contributed by atoms with Gasteiger partial charge in [-0.2, -0.15) is 13.2 Å². The summed E-state index contributed by atoms with van der Waals surface area (Å²) in [5.41, 5.74) is -0.278. The van der Waals surface area contributed by atoms with Crippen LogP contribution in [0.3, 0.4) is 0 Å². The predicted molar refractivity (Wildman–Crippen MR) is 107 cm³/mol. The summed E-state index contributed by atoms with van der Waals surface area (Å²) in [5, 5.41) is 0. The summed E-state index contributed by atoms with van der Waals surface area (Å²) in [5.74, 6) is 0.0387. The smallest absolute Gasteiger partial charge is 0.381 e. The first-order valence-corrected chi connectivity index (χ1v) is 10.4. The molecule has 0 N–H and O–H groups in total. The van der Waals surface area contributed by atoms with Gasteiger partial charge in [0, 0.05) is 58.3 Å². The molecule has 0 saturated carbocycles. The molecule has 9 heteroatoms. The molecule has 2 saturated heterocycles. The van der Waals surface area contributed by atoms with E-state index in [4.69, 9.17) is 4.74 Å². The molecule has 0 aromatic carbocycles. The Bertz CT molecular complexity index is 876. The Morgan fingerprint density at radius 1 is 1.03 bits per heavy atom. The molecule has 0 spiro atoms. The lowest BCUT2D eigenvalue weighted by molar-refractivity contribution is -0.141. The molecule has 6 nitrogen and oxygen atoms in total. The molecule has 2 aliphatic rings. The first kappa shape index (κ1) is 21.9. The highest BCUT2D eigenvalue weighted by atomic mass is 19.4. The van der Waals surface area contributed by atoms with Gasteiger partial charge in [0.25, 0.3) is 0 Å². The van der Waals surface area contributed by atoms with E-state index >= 15 is 0 Å². The second kappa shape index (κ2) is 9.02. The number of pyridine rings is 2. The number of Topliss-reactive ketones (excluding diaryl/α,β-unsaturated/α-hetero) is 1. The van der Waals surface area contributed by atoms with E-state index in [1.54, 1.807) is 18.3 Å². The van der Waals surface area contributed by atoms with Crippen LogP contribution in [0.25, 0.3) is 0 Å². The number of ether oxygens (including phenoxy) is 1. The van der Waals surface area contributed by atoms with Crippen molar-refractivity contribution in [2.24, 2.45) is 0 Å². The molecule has 166 valence electrons. The molecule has 4 rings (SSSR count). The minimum absolute atomic E-state index is 0.0387. The number of alkyl halides is 3. The number of carbonyl (C=O) groups is 1. The van der Waals surface area contributed by atoms with Crippen LogP contribution >= 0.6 is 0 Å². The molecule has 4 heterocycles. The largest absolute Gasteiger partial charge is 0.433 e. The summed E-state index contributed by atoms with van der Waals surface area (Å²) in [7, 11) is 0. The summed E-state index contributed by atoms with van der Waals surface area (Å²) < 4.78 is 43.6. The standard InChI is InChI=1S/C22H25F3N4O2/c23-22(24,25)19-5-4-17(15-27-19)16-28-9-11-29(12-10-28)21(6-13-31-14-7-21)20(30)18-3-1-2-8-26-18/h1-5,8,15H,6-7,9-14,16H2. The monoisotopic (exact) mass is 434 g/mol. The summed E-state index contributed by atoms with van der Waals surface area (Å²) in [4.78, 5) is 25.7. The maximum absolute atomic E-state index is 13.4. The van der Waals surface area contributed by atoms with E-state index in [1.807, 2.05) is 6.07 Å². The first-order chi connectivity index (χ1) is 14.9. The van der Waals surface area contributed by atoms with Crippen molar-refractivity contribution in [2.45, 2.75) is 31.1 Å². The fraction of sp³-hybridized carbons (Fsp3) is 0.500. The Kier molecular flexibility index (Phi) is 6.36. The molecular weight excluding hydrogens is 409 g/mol. The van der Waals surface area contributed by atoms with Gasteiger partial charge in [-0.1, -0.05) is 12.1 Å². The topological polar surface area (TPSA) is 58.6 Å². The van der Waals surface area contributed by atoms with E-state index in [-0.39, 0.29) is 5.78 Å². The van der Waals surface area contributed by atoms with E-state index in [0.29, 0.717) is 51.4 Å². The minimum atomic E-state index is -4.43. The van der Waals surface area contributed by atoms with E-state index in [9.17, 15) is 18.0 Å². The van der Waals surface area contributed by atoms with Gasteiger partial charge < -0.3 is 4.74 Å². The van der Waals surface area contributed by atoms with Gasteiger partial charge >= 0.3 is 6.18 Å². The number of carbonyl (C=O) groups excluding carboxylic acids is 1. The van der Waals surface area contributed by atoms with Gasteiger partial charge in [-0.05, 0) is 36.6 Å². The van der Waals surface area contributed by atoms with Gasteiger partial charge in [0.15, 0.2) is 0 Å². The maximum Gasteiger partial charge on any atom is 0.433 e. The van der Waals surface area contributed by atoms with E-state index in [1.165, 1.54) is 12.3 Å². The third-order valence-electron chi connectivity index (χ3n) is 6.14. The van der Waals surface area contributed by atoms with E-state index in [2.05, 4.69) is 19.8 Å². The second-order valence-corrected chi connectivity index (χ2v) is 8.00. The molecular formula is C22H25F3N4O2. The Morgan fingerprint density at radius 2 is 1.77 bits per heavy atom. The molecule has 0 radical (unpaired) electrons. The molecule has 0 aliphatic carbocycles. The third-order valence-corrected chi connectivity index (χ3v) is 6.14. The van der Waals surface area contributed by atoms with Crippen molar-refractivity contribution in [1.82, 2.24) is 19.8 Å². The lowest BCUT2D eigenvalue weighted by atomic mass is 9.81. The van der Waals surface area contributed by atoms with Crippen molar-refractivity contribution >= 4 is 5.78 Å². The summed E-state index contributed by atoms with van der Waals surface area (Å²) in [6.07, 6.45) is -0.241. The van der Waals surface area contributed by atoms with Gasteiger partial charge in [-0.3, -0.25) is 24.6 Å². The van der Waals surface area contributed by atoms with Crippen molar-refractivity contribution in [2.75, 3.05) is 39.4 Å². The van der Waals surface area contributed by atoms with Crippen LogP contribution in [0.1, 0.15) is 34.6 Å². The van der Waals surface area contributed by atoms with Crippen molar-refractivity contribution in [3.05, 3.63) is 59.7 Å². The van der Waals surface area contributed by atoms with Gasteiger partial charge in [0.2, 0.25) is 5.78 Å². The molecule has 2 aromatic rings. The van der Waals surface area contributed by atoms with Crippen LogP contribution in [-0.2, 0) is 17.5 Å². The molecule has 0 unspecified atom stereocenters. The minimum Gasteiger partial charge on any atom is -0.381 e. The zero-order valence-corrected chi connectivity index (χ0v) is 17.1. The van der Waals surface area contributed by atoms with Crippen LogP contribution in [0, 0.1) is 0 Å². The summed E-state index contributed by atoms with van der Waals surface area (Å²) >= 11 is 0. The lowest BCUT2D eigenvalue weighted by Gasteiger charge is -2.48. The van der Waals surface area contributed by atoms with Crippen molar-refractivity contribution in [3.8, 4) is 0 Å². The SMILES string of the molecule is O=C(c1ccccn1)C1(N2CCN(Cc3ccc(C(F)(F)F)nc3)CC2)CCOCC1. The van der Waals surface area contributed by atoms with Crippen LogP contribution in [0.15, 0.2) is 42.7 Å². The maximum atomic E-state index is 13.4. The van der Waals surface area contributed by atoms with Crippen LogP contribution in [0.2, 0.25) is 0 Å². The second-order valence-electron chi connectivity index (χ2n) is 8.00. The number of piperazine rings is 1. The Hall–Kier alpha value is -2.36.